The Hall–Kier alpha value is -1.43. The van der Waals surface area contributed by atoms with Gasteiger partial charge in [0.15, 0.2) is 0 Å². The van der Waals surface area contributed by atoms with Crippen LogP contribution in [0.1, 0.15) is 13.8 Å². The molecule has 1 unspecified atom stereocenters. The molecule has 15 heavy (non-hydrogen) atoms. The second-order valence-corrected chi connectivity index (χ2v) is 5.00. The molecule has 0 radical (unpaired) electrons. The summed E-state index contributed by atoms with van der Waals surface area (Å²) in [6.07, 6.45) is 0. The van der Waals surface area contributed by atoms with Crippen molar-refractivity contribution in [2.45, 2.75) is 19.1 Å². The first-order valence-electron chi connectivity index (χ1n) is 4.42. The lowest BCUT2D eigenvalue weighted by molar-refractivity contribution is -0.384. The highest BCUT2D eigenvalue weighted by Crippen LogP contribution is 2.17. The molecule has 0 spiro atoms. The quantitative estimate of drug-likeness (QED) is 0.633. The van der Waals surface area contributed by atoms with Gasteiger partial charge in [-0.15, -0.1) is 0 Å². The molecule has 5 nitrogen and oxygen atoms in total. The molecule has 1 atom stereocenters. The van der Waals surface area contributed by atoms with E-state index in [-0.39, 0.29) is 10.9 Å². The molecule has 1 aromatic rings. The van der Waals surface area contributed by atoms with Crippen molar-refractivity contribution in [3.8, 4) is 0 Å². The molecule has 0 aliphatic rings. The first-order chi connectivity index (χ1) is 7.00. The maximum atomic E-state index is 11.4. The van der Waals surface area contributed by atoms with Crippen LogP contribution in [-0.4, -0.2) is 14.4 Å². The van der Waals surface area contributed by atoms with Crippen LogP contribution >= 0.6 is 0 Å². The molecule has 1 rings (SSSR count). The van der Waals surface area contributed by atoms with Gasteiger partial charge in [0.1, 0.15) is 11.0 Å². The zero-order valence-corrected chi connectivity index (χ0v) is 9.28. The highest BCUT2D eigenvalue weighted by Gasteiger charge is 2.08. The summed E-state index contributed by atoms with van der Waals surface area (Å²) in [6.45, 7) is 3.61. The van der Waals surface area contributed by atoms with E-state index in [4.69, 9.17) is 0 Å². The summed E-state index contributed by atoms with van der Waals surface area (Å²) in [5, 5.41) is 10.4. The van der Waals surface area contributed by atoms with Gasteiger partial charge >= 0.3 is 0 Å². The monoisotopic (exact) mass is 228 g/mol. The standard InChI is InChI=1S/C9H12N2O3S/c1-7(2)15(14)10-8-4-3-5-9(6-8)11(12)13/h3-7,10H,1-2H3. The van der Waals surface area contributed by atoms with Crippen molar-refractivity contribution in [1.29, 1.82) is 0 Å². The molecule has 0 saturated heterocycles. The summed E-state index contributed by atoms with van der Waals surface area (Å²) in [6, 6.07) is 5.95. The van der Waals surface area contributed by atoms with Crippen LogP contribution in [0.15, 0.2) is 24.3 Å². The number of hydrogen-bond donors (Lipinski definition) is 1. The van der Waals surface area contributed by atoms with E-state index < -0.39 is 15.9 Å². The Labute approximate surface area is 90.2 Å². The van der Waals surface area contributed by atoms with E-state index in [0.29, 0.717) is 5.69 Å². The minimum absolute atomic E-state index is 0.0132. The summed E-state index contributed by atoms with van der Waals surface area (Å²) < 4.78 is 14.1. The molecule has 0 saturated carbocycles. The number of nitrogens with zero attached hydrogens (tertiary/aromatic N) is 1. The van der Waals surface area contributed by atoms with Crippen LogP contribution in [0.2, 0.25) is 0 Å². The molecule has 0 bridgehead atoms. The zero-order valence-electron chi connectivity index (χ0n) is 8.47. The van der Waals surface area contributed by atoms with Gasteiger partial charge in [-0.25, -0.2) is 4.21 Å². The lowest BCUT2D eigenvalue weighted by Gasteiger charge is -2.07. The second-order valence-electron chi connectivity index (χ2n) is 3.26. The first kappa shape index (κ1) is 11.6. The molecule has 1 N–H and O–H groups in total. The normalized spacial score (nSPS) is 12.5. The van der Waals surface area contributed by atoms with Crippen LogP contribution < -0.4 is 4.72 Å². The summed E-state index contributed by atoms with van der Waals surface area (Å²) in [4.78, 5) is 9.99. The van der Waals surface area contributed by atoms with Crippen molar-refractivity contribution in [2.24, 2.45) is 0 Å². The molecule has 1 aromatic carbocycles. The predicted octanol–water partition coefficient (Wildman–Crippen LogP) is 2.08. The van der Waals surface area contributed by atoms with Gasteiger partial charge < -0.3 is 4.72 Å². The Bertz CT molecular complexity index is 393. The molecular weight excluding hydrogens is 216 g/mol. The topological polar surface area (TPSA) is 72.2 Å². The van der Waals surface area contributed by atoms with Gasteiger partial charge in [-0.1, -0.05) is 6.07 Å². The number of anilines is 1. The number of non-ortho nitro benzene ring substituents is 1. The molecular formula is C9H12N2O3S. The highest BCUT2D eigenvalue weighted by molar-refractivity contribution is 7.86. The van der Waals surface area contributed by atoms with E-state index in [1.807, 2.05) is 0 Å². The lowest BCUT2D eigenvalue weighted by Crippen LogP contribution is -2.14. The number of rotatable bonds is 4. The van der Waals surface area contributed by atoms with Gasteiger partial charge in [0.25, 0.3) is 5.69 Å². The highest BCUT2D eigenvalue weighted by atomic mass is 32.2. The minimum Gasteiger partial charge on any atom is -0.305 e. The molecule has 0 aliphatic carbocycles. The Morgan fingerprint density at radius 1 is 1.47 bits per heavy atom. The Morgan fingerprint density at radius 3 is 2.67 bits per heavy atom. The number of nitro benzene ring substituents is 1. The maximum Gasteiger partial charge on any atom is 0.271 e. The summed E-state index contributed by atoms with van der Waals surface area (Å²) in [7, 11) is -1.22. The van der Waals surface area contributed by atoms with Gasteiger partial charge in [-0.2, -0.15) is 0 Å². The molecule has 0 fully saturated rings. The van der Waals surface area contributed by atoms with Crippen LogP contribution in [0.5, 0.6) is 0 Å². The second kappa shape index (κ2) is 4.88. The number of hydrogen-bond acceptors (Lipinski definition) is 3. The van der Waals surface area contributed by atoms with Crippen molar-refractivity contribution in [3.05, 3.63) is 34.4 Å². The number of nitro groups is 1. The summed E-state index contributed by atoms with van der Waals surface area (Å²) in [5.41, 5.74) is 0.483. The molecule has 0 aromatic heterocycles. The van der Waals surface area contributed by atoms with Crippen LogP contribution in [0.4, 0.5) is 11.4 Å². The smallest absolute Gasteiger partial charge is 0.271 e. The van der Waals surface area contributed by atoms with Crippen LogP contribution in [0.3, 0.4) is 0 Å². The average Bonchev–Trinajstić information content (AvgIpc) is 2.18. The Kier molecular flexibility index (Phi) is 3.79. The van der Waals surface area contributed by atoms with Crippen molar-refractivity contribution >= 4 is 22.4 Å². The number of nitrogens with one attached hydrogen (secondary N) is 1. The SMILES string of the molecule is CC(C)S(=O)Nc1cccc([N+](=O)[O-])c1. The summed E-state index contributed by atoms with van der Waals surface area (Å²) >= 11 is 0. The molecule has 0 aliphatic heterocycles. The fraction of sp³-hybridized carbons (Fsp3) is 0.333. The van der Waals surface area contributed by atoms with Gasteiger partial charge in [0.05, 0.1) is 10.6 Å². The van der Waals surface area contributed by atoms with Crippen molar-refractivity contribution < 1.29 is 9.13 Å². The molecule has 0 heterocycles. The average molecular weight is 228 g/mol. The first-order valence-corrected chi connectivity index (χ1v) is 5.63. The van der Waals surface area contributed by atoms with E-state index in [0.717, 1.165) is 0 Å². The van der Waals surface area contributed by atoms with Crippen LogP contribution in [0, 0.1) is 10.1 Å². The minimum atomic E-state index is -1.22. The van der Waals surface area contributed by atoms with Gasteiger partial charge in [0, 0.05) is 17.4 Å². The molecule has 0 amide bonds. The van der Waals surface area contributed by atoms with Crippen LogP contribution in [-0.2, 0) is 11.0 Å². The largest absolute Gasteiger partial charge is 0.305 e. The number of benzene rings is 1. The fourth-order valence-corrected chi connectivity index (χ4v) is 1.51. The van der Waals surface area contributed by atoms with E-state index in [1.54, 1.807) is 26.0 Å². The van der Waals surface area contributed by atoms with Gasteiger partial charge in [-0.3, -0.25) is 10.1 Å². The third-order valence-corrected chi connectivity index (χ3v) is 3.00. The summed E-state index contributed by atoms with van der Waals surface area (Å²) in [5.74, 6) is 0. The Morgan fingerprint density at radius 2 is 2.13 bits per heavy atom. The fourth-order valence-electron chi connectivity index (χ4n) is 0.917. The van der Waals surface area contributed by atoms with Crippen molar-refractivity contribution in [2.75, 3.05) is 4.72 Å². The molecule has 6 heteroatoms. The van der Waals surface area contributed by atoms with Gasteiger partial charge in [-0.05, 0) is 19.9 Å². The van der Waals surface area contributed by atoms with E-state index in [9.17, 15) is 14.3 Å². The Balaban J connectivity index is 2.83. The van der Waals surface area contributed by atoms with E-state index >= 15 is 0 Å². The van der Waals surface area contributed by atoms with E-state index in [1.165, 1.54) is 12.1 Å². The van der Waals surface area contributed by atoms with Crippen LogP contribution in [0.25, 0.3) is 0 Å². The van der Waals surface area contributed by atoms with Gasteiger partial charge in [0.2, 0.25) is 0 Å². The predicted molar refractivity (Wildman–Crippen MR) is 60.0 cm³/mol. The molecule has 82 valence electrons. The third-order valence-electron chi connectivity index (χ3n) is 1.70. The third kappa shape index (κ3) is 3.32. The van der Waals surface area contributed by atoms with E-state index in [2.05, 4.69) is 4.72 Å². The zero-order chi connectivity index (χ0) is 11.4. The van der Waals surface area contributed by atoms with Crippen molar-refractivity contribution in [3.63, 3.8) is 0 Å². The maximum absolute atomic E-state index is 11.4. The van der Waals surface area contributed by atoms with Crippen molar-refractivity contribution in [1.82, 2.24) is 0 Å². The lowest BCUT2D eigenvalue weighted by atomic mass is 10.3.